The lowest BCUT2D eigenvalue weighted by molar-refractivity contribution is -0.143. The SMILES string of the molecule is CC(C)(CCc1ccc(-c2ccc(Cl)c3c(N(C(=O)CNC(=O)OCOP(=O)(O)O)S(C)(=O)=O)nn(CC(F)(F)F)c23)c([C@H](Cc2cc(F)cc(F)c2)NC(=O)Cn2nc(C(F)(F)F)c3c2C(F)(F)C2C[C@H]32)n1)S(C)(=O)=O. The molecule has 7 rings (SSSR count). The molecule has 5 aromatic rings. The van der Waals surface area contributed by atoms with E-state index in [2.05, 4.69) is 29.8 Å². The topological polar surface area (TPSA) is 271 Å². The van der Waals surface area contributed by atoms with Crippen molar-refractivity contribution in [2.45, 2.75) is 87.6 Å². The fourth-order valence-electron chi connectivity index (χ4n) is 8.70. The Hall–Kier alpha value is -5.92. The van der Waals surface area contributed by atoms with Gasteiger partial charge in [0.1, 0.15) is 37.0 Å². The summed E-state index contributed by atoms with van der Waals surface area (Å²) in [6.07, 6.45) is -12.1. The summed E-state index contributed by atoms with van der Waals surface area (Å²) in [7, 11) is -14.0. The zero-order valence-corrected chi connectivity index (χ0v) is 43.3. The number of aryl methyl sites for hydroxylation is 1. The van der Waals surface area contributed by atoms with Gasteiger partial charge in [0.2, 0.25) is 22.7 Å². The number of halogens is 11. The van der Waals surface area contributed by atoms with E-state index >= 15 is 8.78 Å². The number of sulfonamides is 1. The summed E-state index contributed by atoms with van der Waals surface area (Å²) in [5.74, 6) is -13.1. The lowest BCUT2D eigenvalue weighted by Crippen LogP contribution is -2.43. The summed E-state index contributed by atoms with van der Waals surface area (Å²) in [6.45, 7) is -3.38. The van der Waals surface area contributed by atoms with Crippen LogP contribution >= 0.6 is 19.4 Å². The number of carbonyl (C=O) groups excluding carboxylic acids is 3. The van der Waals surface area contributed by atoms with Gasteiger partial charge in [-0.3, -0.25) is 23.9 Å². The fourth-order valence-corrected chi connectivity index (χ4v) is 10.5. The molecular formula is C43H42ClF10N8O12PS2. The Morgan fingerprint density at radius 2 is 1.60 bits per heavy atom. The minimum absolute atomic E-state index is 0.00778. The monoisotopic (exact) mass is 1180 g/mol. The molecule has 0 saturated heterocycles. The molecule has 1 unspecified atom stereocenters. The number of fused-ring (bicyclic) bond motifs is 4. The third-order valence-electron chi connectivity index (χ3n) is 12.5. The van der Waals surface area contributed by atoms with Gasteiger partial charge < -0.3 is 25.2 Å². The highest BCUT2D eigenvalue weighted by atomic mass is 35.5. The van der Waals surface area contributed by atoms with Crippen LogP contribution in [0.3, 0.4) is 0 Å². The molecular weight excluding hydrogens is 1140 g/mol. The van der Waals surface area contributed by atoms with Gasteiger partial charge in [-0.15, -0.1) is 0 Å². The smallest absolute Gasteiger partial charge is 0.422 e. The second-order valence-corrected chi connectivity index (χ2v) is 24.7. The van der Waals surface area contributed by atoms with E-state index in [4.69, 9.17) is 21.4 Å². The Bertz CT molecular complexity index is 3460. The Morgan fingerprint density at radius 3 is 2.18 bits per heavy atom. The average molecular weight is 1180 g/mol. The van der Waals surface area contributed by atoms with Crippen molar-refractivity contribution < 1.29 is 98.7 Å². The standard InChI is InChI=1S/C43H42ClF10N8O12PS2/c1-40(2,76(3,69)70)10-9-23-5-6-24(25-7-8-28(44)33-35(25)61(18-41(47,48)49)59-38(33)62(77(4,71)72)31(64)16-55-39(65)73-19-74-75(66,67)68)34(56-23)29(13-20-11-21(45)14-22(46)12-20)57-30(63)17-60-37-32(36(58-60)43(52,53)54)26-15-27(26)42(37,50)51/h5-8,11-12,14,26-27,29H,9-10,13,15-19H2,1-4H3,(H,55,65)(H,57,63)(H2,66,67,68)/t26-,27?,29-/m0/s1. The maximum atomic E-state index is 15.6. The van der Waals surface area contributed by atoms with Crippen LogP contribution < -0.4 is 14.9 Å². The molecule has 20 nitrogen and oxygen atoms in total. The molecule has 3 amide bonds. The molecule has 2 aromatic carbocycles. The van der Waals surface area contributed by atoms with Crippen LogP contribution in [-0.2, 0) is 81.3 Å². The number of alkyl carbamates (subject to hydrolysis) is 1. The van der Waals surface area contributed by atoms with Gasteiger partial charge in [0.15, 0.2) is 21.3 Å². The lowest BCUT2D eigenvalue weighted by Gasteiger charge is -2.25. The van der Waals surface area contributed by atoms with Crippen LogP contribution in [0.5, 0.6) is 0 Å². The van der Waals surface area contributed by atoms with Crippen LogP contribution in [0.1, 0.15) is 72.6 Å². The quantitative estimate of drug-likeness (QED) is 0.0370. The van der Waals surface area contributed by atoms with E-state index in [1.807, 2.05) is 0 Å². The average Bonchev–Trinajstić information content (AvgIpc) is 3.82. The molecule has 3 atom stereocenters. The molecule has 3 aromatic heterocycles. The molecule has 4 N–H and O–H groups in total. The third-order valence-corrected chi connectivity index (χ3v) is 16.5. The number of phosphoric acid groups is 1. The molecule has 1 saturated carbocycles. The van der Waals surface area contributed by atoms with Crippen molar-refractivity contribution in [3.05, 3.63) is 93.0 Å². The first-order valence-electron chi connectivity index (χ1n) is 22.2. The number of carbonyl (C=O) groups is 3. The molecule has 2 aliphatic rings. The van der Waals surface area contributed by atoms with Crippen LogP contribution in [-0.4, -0.2) is 106 Å². The van der Waals surface area contributed by atoms with E-state index < -0.39 is 181 Å². The normalized spacial score (nSPS) is 16.9. The van der Waals surface area contributed by atoms with Gasteiger partial charge in [0.25, 0.3) is 11.8 Å². The number of anilines is 1. The summed E-state index contributed by atoms with van der Waals surface area (Å²) < 4.78 is 218. The Balaban J connectivity index is 1.42. The molecule has 420 valence electrons. The summed E-state index contributed by atoms with van der Waals surface area (Å²) in [6, 6.07) is 4.71. The minimum atomic E-state index is -5.25. The number of benzene rings is 2. The number of nitrogens with zero attached hydrogens (tertiary/aromatic N) is 6. The molecule has 2 aliphatic carbocycles. The van der Waals surface area contributed by atoms with Crippen molar-refractivity contribution in [3.63, 3.8) is 0 Å². The number of pyridine rings is 1. The second kappa shape index (κ2) is 20.7. The number of rotatable bonds is 19. The number of hydrogen-bond donors (Lipinski definition) is 4. The van der Waals surface area contributed by atoms with E-state index in [9.17, 15) is 70.9 Å². The zero-order chi connectivity index (χ0) is 57.3. The number of phosphoric ester groups is 1. The van der Waals surface area contributed by atoms with Crippen LogP contribution in [0.25, 0.3) is 22.0 Å². The molecule has 0 radical (unpaired) electrons. The van der Waals surface area contributed by atoms with Crippen molar-refractivity contribution in [3.8, 4) is 11.1 Å². The number of hydrogen-bond acceptors (Lipinski definition) is 13. The van der Waals surface area contributed by atoms with Gasteiger partial charge in [0, 0.05) is 40.6 Å². The number of nitrogens with one attached hydrogen (secondary N) is 2. The molecule has 34 heteroatoms. The van der Waals surface area contributed by atoms with Crippen LogP contribution in [0.2, 0.25) is 5.02 Å². The van der Waals surface area contributed by atoms with E-state index in [0.717, 1.165) is 30.5 Å². The number of amides is 3. The largest absolute Gasteiger partial charge is 0.472 e. The summed E-state index contributed by atoms with van der Waals surface area (Å²) in [4.78, 5) is 62.4. The Labute approximate surface area is 434 Å². The van der Waals surface area contributed by atoms with Crippen molar-refractivity contribution in [1.82, 2.24) is 35.2 Å². The highest BCUT2D eigenvalue weighted by Crippen LogP contribution is 2.68. The van der Waals surface area contributed by atoms with Gasteiger partial charge in [-0.25, -0.2) is 39.5 Å². The van der Waals surface area contributed by atoms with Gasteiger partial charge in [-0.05, 0) is 75.3 Å². The van der Waals surface area contributed by atoms with E-state index in [1.165, 1.54) is 26.0 Å². The second-order valence-electron chi connectivity index (χ2n) is 18.6. The first-order chi connectivity index (χ1) is 35.3. The van der Waals surface area contributed by atoms with Gasteiger partial charge >= 0.3 is 26.3 Å². The van der Waals surface area contributed by atoms with E-state index in [0.29, 0.717) is 12.3 Å². The molecule has 0 spiro atoms. The van der Waals surface area contributed by atoms with Crippen molar-refractivity contribution in [1.29, 1.82) is 0 Å². The van der Waals surface area contributed by atoms with Crippen LogP contribution in [0.4, 0.5) is 54.5 Å². The van der Waals surface area contributed by atoms with Crippen molar-refractivity contribution >= 4 is 73.9 Å². The number of alkyl halides is 8. The van der Waals surface area contributed by atoms with Gasteiger partial charge in [-0.2, -0.15) is 49.6 Å². The predicted octanol–water partition coefficient (Wildman–Crippen LogP) is 6.96. The first kappa shape index (κ1) is 58.8. The highest BCUT2D eigenvalue weighted by molar-refractivity contribution is 7.93. The molecule has 3 heterocycles. The maximum Gasteiger partial charge on any atom is 0.472 e. The molecule has 0 bridgehead atoms. The Morgan fingerprint density at radius 1 is 0.961 bits per heavy atom. The van der Waals surface area contributed by atoms with Crippen molar-refractivity contribution in [2.75, 3.05) is 30.2 Å². The van der Waals surface area contributed by atoms with Crippen LogP contribution in [0.15, 0.2) is 42.5 Å². The summed E-state index contributed by atoms with van der Waals surface area (Å²) in [5, 5.41) is 10.1. The first-order valence-corrected chi connectivity index (χ1v) is 27.8. The minimum Gasteiger partial charge on any atom is -0.422 e. The molecule has 0 aliphatic heterocycles. The number of aromatic nitrogens is 5. The number of ether oxygens (including phenoxy) is 1. The van der Waals surface area contributed by atoms with Crippen molar-refractivity contribution in [2.24, 2.45) is 5.92 Å². The maximum absolute atomic E-state index is 15.6. The van der Waals surface area contributed by atoms with E-state index in [-0.39, 0.29) is 49.8 Å². The van der Waals surface area contributed by atoms with Crippen LogP contribution in [0, 0.1) is 17.6 Å². The fraction of sp³-hybridized carbons (Fsp3) is 0.442. The summed E-state index contributed by atoms with van der Waals surface area (Å²) in [5.41, 5.74) is -5.84. The lowest BCUT2D eigenvalue weighted by atomic mass is 9.93. The summed E-state index contributed by atoms with van der Waals surface area (Å²) >= 11 is 6.60. The highest BCUT2D eigenvalue weighted by Gasteiger charge is 2.68. The predicted molar refractivity (Wildman–Crippen MR) is 249 cm³/mol. The molecule has 1 fully saturated rings. The Kier molecular flexibility index (Phi) is 15.8. The van der Waals surface area contributed by atoms with Gasteiger partial charge in [0.05, 0.1) is 38.7 Å². The van der Waals surface area contributed by atoms with E-state index in [1.54, 1.807) is 5.32 Å². The zero-order valence-electron chi connectivity index (χ0n) is 40.0. The molecule has 77 heavy (non-hydrogen) atoms. The third kappa shape index (κ3) is 13.0. The van der Waals surface area contributed by atoms with Gasteiger partial charge in [-0.1, -0.05) is 23.7 Å². The number of sulfone groups is 1.